The highest BCUT2D eigenvalue weighted by Gasteiger charge is 2.05. The predicted octanol–water partition coefficient (Wildman–Crippen LogP) is 1.37. The Bertz CT molecular complexity index is 423. The van der Waals surface area contributed by atoms with E-state index in [0.29, 0.717) is 11.5 Å². The standard InChI is InChI=1S/C10H12BrN3OS/c11-6-1-2-7(10(13)16)8(5-6)14-4-3-9(12)15/h1-2,5,14H,3-4H2,(H2,12,15)(H2,13,16). The van der Waals surface area contributed by atoms with Crippen molar-refractivity contribution < 1.29 is 4.79 Å². The number of benzene rings is 1. The molecule has 0 atom stereocenters. The van der Waals surface area contributed by atoms with Crippen molar-refractivity contribution in [1.82, 2.24) is 0 Å². The SMILES string of the molecule is NC(=O)CCNc1cc(Br)ccc1C(N)=S. The molecular weight excluding hydrogens is 290 g/mol. The molecule has 0 heterocycles. The fourth-order valence-electron chi connectivity index (χ4n) is 1.20. The maximum absolute atomic E-state index is 10.6. The molecule has 0 saturated carbocycles. The van der Waals surface area contributed by atoms with Crippen molar-refractivity contribution in [1.29, 1.82) is 0 Å². The van der Waals surface area contributed by atoms with Crippen LogP contribution in [-0.2, 0) is 4.79 Å². The van der Waals surface area contributed by atoms with E-state index in [4.69, 9.17) is 23.7 Å². The summed E-state index contributed by atoms with van der Waals surface area (Å²) in [5.74, 6) is -0.348. The lowest BCUT2D eigenvalue weighted by Gasteiger charge is -2.10. The highest BCUT2D eigenvalue weighted by atomic mass is 79.9. The number of amides is 1. The molecule has 1 rings (SSSR count). The van der Waals surface area contributed by atoms with Gasteiger partial charge in [-0.1, -0.05) is 28.1 Å². The van der Waals surface area contributed by atoms with Crippen LogP contribution in [0.5, 0.6) is 0 Å². The summed E-state index contributed by atoms with van der Waals surface area (Å²) in [6.07, 6.45) is 0.267. The molecule has 86 valence electrons. The molecule has 0 aromatic heterocycles. The van der Waals surface area contributed by atoms with Gasteiger partial charge in [-0.15, -0.1) is 0 Å². The van der Waals surface area contributed by atoms with E-state index in [0.717, 1.165) is 15.7 Å². The Morgan fingerprint density at radius 1 is 1.44 bits per heavy atom. The number of rotatable bonds is 5. The van der Waals surface area contributed by atoms with Crippen molar-refractivity contribution >= 4 is 44.7 Å². The molecule has 1 amide bonds. The summed E-state index contributed by atoms with van der Waals surface area (Å²) >= 11 is 8.28. The van der Waals surface area contributed by atoms with E-state index in [1.54, 1.807) is 0 Å². The summed E-state index contributed by atoms with van der Waals surface area (Å²) < 4.78 is 0.911. The van der Waals surface area contributed by atoms with Gasteiger partial charge in [0.05, 0.1) is 0 Å². The zero-order valence-corrected chi connectivity index (χ0v) is 10.9. The van der Waals surface area contributed by atoms with Gasteiger partial charge in [0.1, 0.15) is 4.99 Å². The second kappa shape index (κ2) is 5.81. The van der Waals surface area contributed by atoms with Gasteiger partial charge in [0, 0.05) is 28.7 Å². The van der Waals surface area contributed by atoms with Crippen LogP contribution < -0.4 is 16.8 Å². The van der Waals surface area contributed by atoms with Gasteiger partial charge in [0.25, 0.3) is 0 Å². The minimum atomic E-state index is -0.348. The van der Waals surface area contributed by atoms with Gasteiger partial charge in [0.15, 0.2) is 0 Å². The van der Waals surface area contributed by atoms with Crippen LogP contribution in [0.4, 0.5) is 5.69 Å². The summed E-state index contributed by atoms with van der Waals surface area (Å²) in [4.78, 5) is 10.9. The first-order valence-electron chi connectivity index (χ1n) is 4.62. The van der Waals surface area contributed by atoms with Gasteiger partial charge in [0.2, 0.25) is 5.91 Å². The third-order valence-corrected chi connectivity index (χ3v) is 2.65. The zero-order chi connectivity index (χ0) is 12.1. The molecule has 4 nitrogen and oxygen atoms in total. The number of hydrogen-bond acceptors (Lipinski definition) is 3. The lowest BCUT2D eigenvalue weighted by Crippen LogP contribution is -2.18. The molecule has 5 N–H and O–H groups in total. The van der Waals surface area contributed by atoms with Crippen LogP contribution in [0.1, 0.15) is 12.0 Å². The fourth-order valence-corrected chi connectivity index (χ4v) is 1.74. The van der Waals surface area contributed by atoms with Gasteiger partial charge < -0.3 is 16.8 Å². The summed E-state index contributed by atoms with van der Waals surface area (Å²) in [5, 5.41) is 3.07. The van der Waals surface area contributed by atoms with Gasteiger partial charge in [-0.3, -0.25) is 4.79 Å². The van der Waals surface area contributed by atoms with E-state index in [1.807, 2.05) is 18.2 Å². The number of thiocarbonyl (C=S) groups is 1. The Kier molecular flexibility index (Phi) is 4.70. The Hall–Kier alpha value is -1.14. The summed E-state index contributed by atoms with van der Waals surface area (Å²) in [5.41, 5.74) is 12.2. The van der Waals surface area contributed by atoms with Crippen LogP contribution in [0.3, 0.4) is 0 Å². The number of carbonyl (C=O) groups excluding carboxylic acids is 1. The zero-order valence-electron chi connectivity index (χ0n) is 8.50. The number of hydrogen-bond donors (Lipinski definition) is 3. The van der Waals surface area contributed by atoms with Crippen molar-refractivity contribution in [3.63, 3.8) is 0 Å². The van der Waals surface area contributed by atoms with E-state index in [2.05, 4.69) is 21.2 Å². The van der Waals surface area contributed by atoms with E-state index in [9.17, 15) is 4.79 Å². The number of primary amides is 1. The van der Waals surface area contributed by atoms with Crippen molar-refractivity contribution in [2.75, 3.05) is 11.9 Å². The Labute approximate surface area is 108 Å². The molecule has 0 unspecified atom stereocenters. The van der Waals surface area contributed by atoms with Gasteiger partial charge in [-0.25, -0.2) is 0 Å². The molecule has 0 saturated heterocycles. The average Bonchev–Trinajstić information content (AvgIpc) is 2.16. The average molecular weight is 302 g/mol. The van der Waals surface area contributed by atoms with Crippen LogP contribution in [0.25, 0.3) is 0 Å². The van der Waals surface area contributed by atoms with E-state index in [-0.39, 0.29) is 12.3 Å². The molecule has 0 aliphatic carbocycles. The molecule has 0 spiro atoms. The Morgan fingerprint density at radius 3 is 2.69 bits per heavy atom. The molecule has 0 bridgehead atoms. The van der Waals surface area contributed by atoms with Crippen LogP contribution >= 0.6 is 28.1 Å². The summed E-state index contributed by atoms with van der Waals surface area (Å²) in [6.45, 7) is 0.460. The molecule has 16 heavy (non-hydrogen) atoms. The van der Waals surface area contributed by atoms with Gasteiger partial charge >= 0.3 is 0 Å². The molecule has 0 aliphatic rings. The van der Waals surface area contributed by atoms with Crippen molar-refractivity contribution in [3.8, 4) is 0 Å². The van der Waals surface area contributed by atoms with Crippen LogP contribution in [0.2, 0.25) is 0 Å². The van der Waals surface area contributed by atoms with Crippen molar-refractivity contribution in [2.45, 2.75) is 6.42 Å². The van der Waals surface area contributed by atoms with Crippen LogP contribution in [-0.4, -0.2) is 17.4 Å². The minimum Gasteiger partial charge on any atom is -0.389 e. The Balaban J connectivity index is 2.80. The van der Waals surface area contributed by atoms with Crippen molar-refractivity contribution in [3.05, 3.63) is 28.2 Å². The predicted molar refractivity (Wildman–Crippen MR) is 72.3 cm³/mol. The molecule has 0 fully saturated rings. The highest BCUT2D eigenvalue weighted by molar-refractivity contribution is 9.10. The van der Waals surface area contributed by atoms with E-state index < -0.39 is 0 Å². The molecular formula is C10H12BrN3OS. The Morgan fingerprint density at radius 2 is 2.12 bits per heavy atom. The van der Waals surface area contributed by atoms with Gasteiger partial charge in [-0.05, 0) is 18.2 Å². The number of halogens is 1. The third-order valence-electron chi connectivity index (χ3n) is 1.93. The monoisotopic (exact) mass is 301 g/mol. The first kappa shape index (κ1) is 12.9. The minimum absolute atomic E-state index is 0.267. The molecule has 1 aromatic carbocycles. The third kappa shape index (κ3) is 3.79. The smallest absolute Gasteiger partial charge is 0.219 e. The van der Waals surface area contributed by atoms with Crippen molar-refractivity contribution in [2.24, 2.45) is 11.5 Å². The van der Waals surface area contributed by atoms with E-state index >= 15 is 0 Å². The molecule has 0 aliphatic heterocycles. The second-order valence-electron chi connectivity index (χ2n) is 3.20. The highest BCUT2D eigenvalue weighted by Crippen LogP contribution is 2.21. The summed E-state index contributed by atoms with van der Waals surface area (Å²) in [6, 6.07) is 5.53. The fraction of sp³-hybridized carbons (Fsp3) is 0.200. The van der Waals surface area contributed by atoms with Crippen LogP contribution in [0, 0.1) is 0 Å². The lowest BCUT2D eigenvalue weighted by molar-refractivity contribution is -0.117. The van der Waals surface area contributed by atoms with Crippen LogP contribution in [0.15, 0.2) is 22.7 Å². The maximum atomic E-state index is 10.6. The quantitative estimate of drug-likeness (QED) is 0.718. The second-order valence-corrected chi connectivity index (χ2v) is 4.55. The first-order valence-corrected chi connectivity index (χ1v) is 5.82. The van der Waals surface area contributed by atoms with Gasteiger partial charge in [-0.2, -0.15) is 0 Å². The number of nitrogens with one attached hydrogen (secondary N) is 1. The number of nitrogens with two attached hydrogens (primary N) is 2. The van der Waals surface area contributed by atoms with E-state index in [1.165, 1.54) is 0 Å². The summed E-state index contributed by atoms with van der Waals surface area (Å²) in [7, 11) is 0. The molecule has 6 heteroatoms. The lowest BCUT2D eigenvalue weighted by atomic mass is 10.1. The topological polar surface area (TPSA) is 81.1 Å². The molecule has 0 radical (unpaired) electrons. The normalized spacial score (nSPS) is 9.81. The molecule has 1 aromatic rings. The maximum Gasteiger partial charge on any atom is 0.219 e. The number of anilines is 1. The first-order chi connectivity index (χ1) is 7.50. The number of carbonyl (C=O) groups is 1. The largest absolute Gasteiger partial charge is 0.389 e.